The van der Waals surface area contributed by atoms with E-state index in [9.17, 15) is 4.39 Å². The molecule has 1 aromatic rings. The highest BCUT2D eigenvalue weighted by atomic mass is 19.1. The van der Waals surface area contributed by atoms with E-state index < -0.39 is 0 Å². The molecule has 2 rings (SSSR count). The molecule has 0 amide bonds. The van der Waals surface area contributed by atoms with Crippen molar-refractivity contribution in [2.24, 2.45) is 0 Å². The Kier molecular flexibility index (Phi) is 6.15. The molecule has 1 saturated heterocycles. The lowest BCUT2D eigenvalue weighted by Gasteiger charge is -2.35. The highest BCUT2D eigenvalue weighted by molar-refractivity contribution is 5.25. The van der Waals surface area contributed by atoms with Crippen LogP contribution in [0.1, 0.15) is 38.3 Å². The predicted octanol–water partition coefficient (Wildman–Crippen LogP) is 2.93. The van der Waals surface area contributed by atoms with E-state index in [-0.39, 0.29) is 18.0 Å². The number of rotatable bonds is 6. The minimum absolute atomic E-state index is 0.110. The standard InChI is InChI=1S/C17H27FN2O/c1-4-7-19-9-15-5-6-17(18)16(8-15)12-20-10-13(2)21-14(3)11-20/h5-6,8,13-14,19H,4,7,9-12H2,1-3H3/t13-,14+. The molecule has 21 heavy (non-hydrogen) atoms. The van der Waals surface area contributed by atoms with E-state index in [1.807, 2.05) is 12.1 Å². The van der Waals surface area contributed by atoms with E-state index >= 15 is 0 Å². The molecule has 2 atom stereocenters. The lowest BCUT2D eigenvalue weighted by Crippen LogP contribution is -2.44. The quantitative estimate of drug-likeness (QED) is 0.816. The van der Waals surface area contributed by atoms with Gasteiger partial charge in [0.15, 0.2) is 0 Å². The number of nitrogens with zero attached hydrogens (tertiary/aromatic N) is 1. The summed E-state index contributed by atoms with van der Waals surface area (Å²) >= 11 is 0. The SMILES string of the molecule is CCCNCc1ccc(F)c(CN2C[C@@H](C)O[C@@H](C)C2)c1. The lowest BCUT2D eigenvalue weighted by atomic mass is 10.1. The molecule has 1 fully saturated rings. The smallest absolute Gasteiger partial charge is 0.127 e. The molecule has 118 valence electrons. The van der Waals surface area contributed by atoms with Crippen molar-refractivity contribution >= 4 is 0 Å². The van der Waals surface area contributed by atoms with Crippen LogP contribution in [0, 0.1) is 5.82 Å². The summed E-state index contributed by atoms with van der Waals surface area (Å²) in [5.41, 5.74) is 1.93. The van der Waals surface area contributed by atoms with Gasteiger partial charge < -0.3 is 10.1 Å². The van der Waals surface area contributed by atoms with Crippen molar-refractivity contribution < 1.29 is 9.13 Å². The normalized spacial score (nSPS) is 23.4. The highest BCUT2D eigenvalue weighted by Gasteiger charge is 2.22. The van der Waals surface area contributed by atoms with Crippen LogP contribution >= 0.6 is 0 Å². The average molecular weight is 294 g/mol. The summed E-state index contributed by atoms with van der Waals surface area (Å²) in [7, 11) is 0. The van der Waals surface area contributed by atoms with E-state index in [1.165, 1.54) is 0 Å². The van der Waals surface area contributed by atoms with E-state index in [0.29, 0.717) is 6.54 Å². The molecule has 1 aromatic carbocycles. The Hall–Kier alpha value is -0.970. The fraction of sp³-hybridized carbons (Fsp3) is 0.647. The Balaban J connectivity index is 1.99. The summed E-state index contributed by atoms with van der Waals surface area (Å²) in [6.07, 6.45) is 1.54. The first-order valence-corrected chi connectivity index (χ1v) is 7.94. The Bertz CT molecular complexity index is 442. The maximum atomic E-state index is 14.0. The van der Waals surface area contributed by atoms with Gasteiger partial charge in [0.25, 0.3) is 0 Å². The van der Waals surface area contributed by atoms with Crippen LogP contribution in [0.5, 0.6) is 0 Å². The number of hydrogen-bond acceptors (Lipinski definition) is 3. The molecular weight excluding hydrogens is 267 g/mol. The zero-order chi connectivity index (χ0) is 15.2. The molecule has 0 bridgehead atoms. The number of hydrogen-bond donors (Lipinski definition) is 1. The van der Waals surface area contributed by atoms with Gasteiger partial charge in [-0.3, -0.25) is 4.90 Å². The largest absolute Gasteiger partial charge is 0.373 e. The molecule has 0 spiro atoms. The molecule has 4 heteroatoms. The Morgan fingerprint density at radius 3 is 2.67 bits per heavy atom. The van der Waals surface area contributed by atoms with Crippen molar-refractivity contribution in [3.63, 3.8) is 0 Å². The molecular formula is C17H27FN2O. The third-order valence-electron chi connectivity index (χ3n) is 3.76. The van der Waals surface area contributed by atoms with Gasteiger partial charge >= 0.3 is 0 Å². The third kappa shape index (κ3) is 5.06. The molecule has 0 unspecified atom stereocenters. The van der Waals surface area contributed by atoms with Crippen molar-refractivity contribution in [2.45, 2.75) is 52.5 Å². The molecule has 3 nitrogen and oxygen atoms in total. The Labute approximate surface area is 127 Å². The summed E-state index contributed by atoms with van der Waals surface area (Å²) in [5.74, 6) is -0.110. The van der Waals surface area contributed by atoms with Crippen LogP contribution in [0.2, 0.25) is 0 Å². The van der Waals surface area contributed by atoms with E-state index in [1.54, 1.807) is 6.07 Å². The van der Waals surface area contributed by atoms with Gasteiger partial charge in [0.1, 0.15) is 5.82 Å². The summed E-state index contributed by atoms with van der Waals surface area (Å²) in [4.78, 5) is 2.28. The van der Waals surface area contributed by atoms with Crippen molar-refractivity contribution in [1.82, 2.24) is 10.2 Å². The highest BCUT2D eigenvalue weighted by Crippen LogP contribution is 2.17. The molecule has 0 aliphatic carbocycles. The number of halogens is 1. The van der Waals surface area contributed by atoms with Crippen molar-refractivity contribution in [1.29, 1.82) is 0 Å². The number of benzene rings is 1. The van der Waals surface area contributed by atoms with Gasteiger partial charge in [-0.05, 0) is 38.4 Å². The summed E-state index contributed by atoms with van der Waals surface area (Å²) < 4.78 is 19.8. The van der Waals surface area contributed by atoms with Crippen LogP contribution in [-0.4, -0.2) is 36.7 Å². The van der Waals surface area contributed by atoms with E-state index in [0.717, 1.165) is 43.7 Å². The first kappa shape index (κ1) is 16.4. The Morgan fingerprint density at radius 1 is 1.29 bits per heavy atom. The van der Waals surface area contributed by atoms with Crippen LogP contribution in [0.15, 0.2) is 18.2 Å². The fourth-order valence-electron chi connectivity index (χ4n) is 2.92. The summed E-state index contributed by atoms with van der Waals surface area (Å²) in [6, 6.07) is 5.44. The first-order valence-electron chi connectivity index (χ1n) is 7.94. The maximum Gasteiger partial charge on any atom is 0.127 e. The second-order valence-corrected chi connectivity index (χ2v) is 6.05. The fourth-order valence-corrected chi connectivity index (χ4v) is 2.92. The minimum atomic E-state index is -0.110. The average Bonchev–Trinajstić information content (AvgIpc) is 2.41. The van der Waals surface area contributed by atoms with Crippen LogP contribution in [-0.2, 0) is 17.8 Å². The van der Waals surface area contributed by atoms with Crippen LogP contribution in [0.25, 0.3) is 0 Å². The molecule has 1 heterocycles. The van der Waals surface area contributed by atoms with Gasteiger partial charge in [-0.2, -0.15) is 0 Å². The summed E-state index contributed by atoms with van der Waals surface area (Å²) in [5, 5.41) is 3.36. The zero-order valence-electron chi connectivity index (χ0n) is 13.4. The Morgan fingerprint density at radius 2 is 2.00 bits per heavy atom. The van der Waals surface area contributed by atoms with Gasteiger partial charge in [-0.25, -0.2) is 4.39 Å². The van der Waals surface area contributed by atoms with E-state index in [2.05, 4.69) is 31.0 Å². The first-order chi connectivity index (χ1) is 10.1. The van der Waals surface area contributed by atoms with Gasteiger partial charge in [0.05, 0.1) is 12.2 Å². The number of ether oxygens (including phenoxy) is 1. The number of morpholine rings is 1. The maximum absolute atomic E-state index is 14.0. The van der Waals surface area contributed by atoms with Gasteiger partial charge in [-0.15, -0.1) is 0 Å². The second kappa shape index (κ2) is 7.87. The molecule has 1 aliphatic rings. The molecule has 0 radical (unpaired) electrons. The topological polar surface area (TPSA) is 24.5 Å². The van der Waals surface area contributed by atoms with Crippen molar-refractivity contribution in [3.05, 3.63) is 35.1 Å². The molecule has 0 saturated carbocycles. The zero-order valence-corrected chi connectivity index (χ0v) is 13.4. The van der Waals surface area contributed by atoms with Crippen LogP contribution in [0.3, 0.4) is 0 Å². The molecule has 1 N–H and O–H groups in total. The van der Waals surface area contributed by atoms with Crippen LogP contribution in [0.4, 0.5) is 4.39 Å². The van der Waals surface area contributed by atoms with Gasteiger partial charge in [0.2, 0.25) is 0 Å². The predicted molar refractivity (Wildman–Crippen MR) is 83.7 cm³/mol. The van der Waals surface area contributed by atoms with E-state index in [4.69, 9.17) is 4.74 Å². The lowest BCUT2D eigenvalue weighted by molar-refractivity contribution is -0.0707. The molecule has 1 aliphatic heterocycles. The van der Waals surface area contributed by atoms with Crippen molar-refractivity contribution in [3.8, 4) is 0 Å². The van der Waals surface area contributed by atoms with Gasteiger partial charge in [-0.1, -0.05) is 19.1 Å². The summed E-state index contributed by atoms with van der Waals surface area (Å²) in [6.45, 7) is 10.5. The van der Waals surface area contributed by atoms with Crippen LogP contribution < -0.4 is 5.32 Å². The number of nitrogens with one attached hydrogen (secondary N) is 1. The molecule has 0 aromatic heterocycles. The van der Waals surface area contributed by atoms with Crippen molar-refractivity contribution in [2.75, 3.05) is 19.6 Å². The monoisotopic (exact) mass is 294 g/mol. The van der Waals surface area contributed by atoms with Gasteiger partial charge in [0, 0.05) is 31.7 Å². The third-order valence-corrected chi connectivity index (χ3v) is 3.76. The minimum Gasteiger partial charge on any atom is -0.373 e. The second-order valence-electron chi connectivity index (χ2n) is 6.05.